The molecule has 1 aromatic carbocycles. The first-order valence-electron chi connectivity index (χ1n) is 8.55. The van der Waals surface area contributed by atoms with Gasteiger partial charge in [0.2, 0.25) is 0 Å². The van der Waals surface area contributed by atoms with Gasteiger partial charge in [0.05, 0.1) is 17.4 Å². The monoisotopic (exact) mass is 401 g/mol. The summed E-state index contributed by atoms with van der Waals surface area (Å²) in [6, 6.07) is 10.6. The molecule has 27 heavy (non-hydrogen) atoms. The first kappa shape index (κ1) is 18.0. The molecule has 0 atom stereocenters. The molecule has 2 aromatic heterocycles. The Labute approximate surface area is 166 Å². The van der Waals surface area contributed by atoms with Gasteiger partial charge in [-0.3, -0.25) is 0 Å². The van der Waals surface area contributed by atoms with Crippen molar-refractivity contribution in [3.05, 3.63) is 65.8 Å². The Kier molecular flexibility index (Phi) is 5.40. The molecule has 3 heterocycles. The van der Waals surface area contributed by atoms with Crippen molar-refractivity contribution in [3.63, 3.8) is 0 Å². The lowest BCUT2D eigenvalue weighted by Gasteiger charge is -2.35. The first-order valence-corrected chi connectivity index (χ1v) is 9.74. The van der Waals surface area contributed by atoms with Crippen LogP contribution in [-0.2, 0) is 0 Å². The van der Waals surface area contributed by atoms with Gasteiger partial charge in [-0.2, -0.15) is 0 Å². The highest BCUT2D eigenvalue weighted by Gasteiger charge is 2.19. The van der Waals surface area contributed by atoms with Crippen LogP contribution < -0.4 is 9.80 Å². The maximum Gasteiger partial charge on any atom is 0.147 e. The highest BCUT2D eigenvalue weighted by atomic mass is 35.5. The van der Waals surface area contributed by atoms with Crippen molar-refractivity contribution in [1.82, 2.24) is 15.0 Å². The third kappa shape index (κ3) is 4.31. The van der Waals surface area contributed by atoms with Gasteiger partial charge >= 0.3 is 0 Å². The minimum absolute atomic E-state index is 0.107. The van der Waals surface area contributed by atoms with Crippen molar-refractivity contribution in [2.75, 3.05) is 36.0 Å². The molecule has 0 radical (unpaired) electrons. The fraction of sp³-hybridized carbons (Fsp3) is 0.211. The van der Waals surface area contributed by atoms with E-state index in [1.54, 1.807) is 24.5 Å². The van der Waals surface area contributed by atoms with Crippen LogP contribution in [0.15, 0.2) is 64.9 Å². The van der Waals surface area contributed by atoms with E-state index >= 15 is 0 Å². The Morgan fingerprint density at radius 1 is 0.889 bits per heavy atom. The Balaban J connectivity index is 1.37. The van der Waals surface area contributed by atoms with Crippen molar-refractivity contribution < 1.29 is 4.39 Å². The lowest BCUT2D eigenvalue weighted by Crippen LogP contribution is -2.47. The van der Waals surface area contributed by atoms with Gasteiger partial charge in [-0.15, -0.1) is 0 Å². The number of anilines is 2. The van der Waals surface area contributed by atoms with Crippen LogP contribution in [0.4, 0.5) is 16.0 Å². The summed E-state index contributed by atoms with van der Waals surface area (Å²) < 4.78 is 13.3. The maximum atomic E-state index is 13.3. The average molecular weight is 402 g/mol. The van der Waals surface area contributed by atoms with E-state index < -0.39 is 5.82 Å². The molecule has 3 aromatic rings. The maximum absolute atomic E-state index is 13.3. The second kappa shape index (κ2) is 8.10. The number of pyridine rings is 1. The molecular weight excluding hydrogens is 385 g/mol. The molecular formula is C19H17ClFN5S. The molecule has 1 fully saturated rings. The molecule has 1 aliphatic heterocycles. The predicted molar refractivity (Wildman–Crippen MR) is 106 cm³/mol. The normalized spacial score (nSPS) is 14.4. The molecule has 0 aliphatic carbocycles. The number of piperazine rings is 1. The van der Waals surface area contributed by atoms with E-state index in [0.29, 0.717) is 0 Å². The topological polar surface area (TPSA) is 45.2 Å². The van der Waals surface area contributed by atoms with Crippen LogP contribution >= 0.6 is 23.4 Å². The molecule has 1 saturated heterocycles. The number of rotatable bonds is 4. The number of nitrogens with zero attached hydrogens (tertiary/aromatic N) is 5. The van der Waals surface area contributed by atoms with E-state index in [2.05, 4.69) is 24.8 Å². The Hall–Kier alpha value is -2.38. The molecule has 0 amide bonds. The fourth-order valence-corrected chi connectivity index (χ4v) is 3.90. The minimum atomic E-state index is -0.424. The second-order valence-electron chi connectivity index (χ2n) is 6.05. The van der Waals surface area contributed by atoms with Crippen LogP contribution in [0.3, 0.4) is 0 Å². The predicted octanol–water partition coefficient (Wildman–Crippen LogP) is 4.14. The molecule has 0 spiro atoms. The highest BCUT2D eigenvalue weighted by Crippen LogP contribution is 2.29. The summed E-state index contributed by atoms with van der Waals surface area (Å²) in [5.41, 5.74) is 0. The zero-order valence-corrected chi connectivity index (χ0v) is 16.0. The molecule has 0 saturated carbocycles. The molecule has 8 heteroatoms. The molecule has 4 rings (SSSR count). The lowest BCUT2D eigenvalue weighted by atomic mass is 10.3. The molecule has 138 valence electrons. The largest absolute Gasteiger partial charge is 0.353 e. The van der Waals surface area contributed by atoms with Crippen molar-refractivity contribution in [2.45, 2.75) is 9.92 Å². The molecule has 0 N–H and O–H groups in total. The molecule has 1 aliphatic rings. The van der Waals surface area contributed by atoms with Crippen LogP contribution in [-0.4, -0.2) is 41.1 Å². The quantitative estimate of drug-likeness (QED) is 0.654. The van der Waals surface area contributed by atoms with E-state index in [-0.39, 0.29) is 5.02 Å². The van der Waals surface area contributed by atoms with Crippen LogP contribution in [0.2, 0.25) is 5.02 Å². The van der Waals surface area contributed by atoms with Gasteiger partial charge in [-0.1, -0.05) is 29.4 Å². The SMILES string of the molecule is Fc1ccc(Sc2cnc(N3CCN(c4ccccn4)CC3)cn2)cc1Cl. The van der Waals surface area contributed by atoms with E-state index in [4.69, 9.17) is 11.6 Å². The first-order chi connectivity index (χ1) is 13.2. The van der Waals surface area contributed by atoms with Crippen LogP contribution in [0.25, 0.3) is 0 Å². The van der Waals surface area contributed by atoms with Gasteiger partial charge in [0.25, 0.3) is 0 Å². The summed E-state index contributed by atoms with van der Waals surface area (Å²) in [7, 11) is 0. The van der Waals surface area contributed by atoms with Crippen molar-refractivity contribution >= 4 is 35.0 Å². The van der Waals surface area contributed by atoms with E-state index in [1.165, 1.54) is 17.8 Å². The number of benzene rings is 1. The van der Waals surface area contributed by atoms with Crippen molar-refractivity contribution in [3.8, 4) is 0 Å². The van der Waals surface area contributed by atoms with E-state index in [9.17, 15) is 4.39 Å². The van der Waals surface area contributed by atoms with Crippen molar-refractivity contribution in [1.29, 1.82) is 0 Å². The third-order valence-corrected chi connectivity index (χ3v) is 5.50. The number of aromatic nitrogens is 3. The Morgan fingerprint density at radius 2 is 1.67 bits per heavy atom. The molecule has 5 nitrogen and oxygen atoms in total. The smallest absolute Gasteiger partial charge is 0.147 e. The van der Waals surface area contributed by atoms with Gasteiger partial charge < -0.3 is 9.80 Å². The zero-order chi connectivity index (χ0) is 18.6. The minimum Gasteiger partial charge on any atom is -0.353 e. The van der Waals surface area contributed by atoms with Gasteiger partial charge in [0.15, 0.2) is 0 Å². The van der Waals surface area contributed by atoms with Gasteiger partial charge in [-0.25, -0.2) is 19.3 Å². The number of hydrogen-bond acceptors (Lipinski definition) is 6. The van der Waals surface area contributed by atoms with Crippen LogP contribution in [0, 0.1) is 5.82 Å². The summed E-state index contributed by atoms with van der Waals surface area (Å²) in [4.78, 5) is 18.7. The van der Waals surface area contributed by atoms with Crippen LogP contribution in [0.5, 0.6) is 0 Å². The van der Waals surface area contributed by atoms with E-state index in [1.807, 2.05) is 24.4 Å². The average Bonchev–Trinajstić information content (AvgIpc) is 2.72. The Morgan fingerprint density at radius 3 is 2.30 bits per heavy atom. The number of halogens is 2. The van der Waals surface area contributed by atoms with Crippen LogP contribution in [0.1, 0.15) is 0 Å². The molecule has 0 bridgehead atoms. The summed E-state index contributed by atoms with van der Waals surface area (Å²) in [5.74, 6) is 1.44. The lowest BCUT2D eigenvalue weighted by molar-refractivity contribution is 0.627. The molecule has 0 unspecified atom stereocenters. The Bertz CT molecular complexity index is 902. The van der Waals surface area contributed by atoms with Crippen molar-refractivity contribution in [2.24, 2.45) is 0 Å². The highest BCUT2D eigenvalue weighted by molar-refractivity contribution is 7.99. The second-order valence-corrected chi connectivity index (χ2v) is 7.55. The van der Waals surface area contributed by atoms with Gasteiger partial charge in [0.1, 0.15) is 22.5 Å². The fourth-order valence-electron chi connectivity index (χ4n) is 2.89. The van der Waals surface area contributed by atoms with Gasteiger partial charge in [0, 0.05) is 37.3 Å². The zero-order valence-electron chi connectivity index (χ0n) is 14.4. The third-order valence-electron chi connectivity index (χ3n) is 4.30. The summed E-state index contributed by atoms with van der Waals surface area (Å²) >= 11 is 7.23. The summed E-state index contributed by atoms with van der Waals surface area (Å²) in [6.07, 6.45) is 5.34. The van der Waals surface area contributed by atoms with E-state index in [0.717, 1.165) is 47.7 Å². The number of hydrogen-bond donors (Lipinski definition) is 0. The summed E-state index contributed by atoms with van der Waals surface area (Å²) in [5, 5.41) is 0.851. The summed E-state index contributed by atoms with van der Waals surface area (Å²) in [6.45, 7) is 3.52. The van der Waals surface area contributed by atoms with Gasteiger partial charge in [-0.05, 0) is 30.3 Å². The standard InChI is InChI=1S/C19H17ClFN5S/c20-15-11-14(4-5-16(15)21)27-19-13-23-18(12-24-19)26-9-7-25(8-10-26)17-3-1-2-6-22-17/h1-6,11-13H,7-10H2.